The predicted octanol–water partition coefficient (Wildman–Crippen LogP) is 4.17. The number of hydrogen-bond donors (Lipinski definition) is 1. The zero-order valence-corrected chi connectivity index (χ0v) is 15.2. The minimum Gasteiger partial charge on any atom is -0.350 e. The summed E-state index contributed by atoms with van der Waals surface area (Å²) in [5.41, 5.74) is 2.28. The summed E-state index contributed by atoms with van der Waals surface area (Å²) in [6, 6.07) is 8.05. The number of carbonyl (C=O) groups is 1. The van der Waals surface area contributed by atoms with Crippen molar-refractivity contribution in [3.63, 3.8) is 0 Å². The van der Waals surface area contributed by atoms with E-state index in [1.165, 1.54) is 70.0 Å². The number of nitrogens with zero attached hydrogens (tertiary/aromatic N) is 1. The van der Waals surface area contributed by atoms with E-state index in [4.69, 9.17) is 0 Å². The van der Waals surface area contributed by atoms with E-state index in [0.717, 1.165) is 18.5 Å². The van der Waals surface area contributed by atoms with E-state index < -0.39 is 0 Å². The summed E-state index contributed by atoms with van der Waals surface area (Å²) in [5, 5.41) is 3.26. The fourth-order valence-electron chi connectivity index (χ4n) is 4.42. The fraction of sp³-hybridized carbons (Fsp3) is 0.667. The van der Waals surface area contributed by atoms with E-state index >= 15 is 0 Å². The summed E-state index contributed by atoms with van der Waals surface area (Å²) in [6.07, 6.45) is 11.4. The largest absolute Gasteiger partial charge is 0.350 e. The first-order chi connectivity index (χ1) is 11.7. The lowest BCUT2D eigenvalue weighted by molar-refractivity contribution is 0.0326. The summed E-state index contributed by atoms with van der Waals surface area (Å²) in [5.74, 6) is 0.0830. The van der Waals surface area contributed by atoms with Crippen LogP contribution in [-0.4, -0.2) is 36.0 Å². The highest BCUT2D eigenvalue weighted by Crippen LogP contribution is 2.35. The number of likely N-dealkylation sites (tertiary alicyclic amines) is 1. The van der Waals surface area contributed by atoms with Gasteiger partial charge in [0.25, 0.3) is 5.91 Å². The number of rotatable bonds is 5. The van der Waals surface area contributed by atoms with Crippen molar-refractivity contribution in [1.82, 2.24) is 10.2 Å². The van der Waals surface area contributed by atoms with Gasteiger partial charge in [-0.05, 0) is 62.9 Å². The molecule has 1 heterocycles. The molecule has 2 fully saturated rings. The molecule has 0 aromatic heterocycles. The minimum absolute atomic E-state index is 0.0830. The Bertz CT molecular complexity index is 525. The molecule has 3 rings (SSSR count). The van der Waals surface area contributed by atoms with Crippen LogP contribution in [-0.2, 0) is 6.42 Å². The Morgan fingerprint density at radius 1 is 1.00 bits per heavy atom. The molecule has 1 aliphatic heterocycles. The Hall–Kier alpha value is -1.35. The second-order valence-corrected chi connectivity index (χ2v) is 7.57. The molecule has 1 saturated heterocycles. The van der Waals surface area contributed by atoms with Gasteiger partial charge < -0.3 is 5.32 Å². The Morgan fingerprint density at radius 2 is 1.62 bits per heavy atom. The van der Waals surface area contributed by atoms with Gasteiger partial charge in [0.15, 0.2) is 0 Å². The number of carbonyl (C=O) groups excluding carboxylic acids is 1. The molecule has 2 aliphatic rings. The molecule has 1 amide bonds. The summed E-state index contributed by atoms with van der Waals surface area (Å²) in [4.78, 5) is 15.3. The van der Waals surface area contributed by atoms with Crippen LogP contribution in [0.15, 0.2) is 24.3 Å². The third kappa shape index (κ3) is 4.00. The topological polar surface area (TPSA) is 32.3 Å². The first-order valence-corrected chi connectivity index (χ1v) is 9.86. The summed E-state index contributed by atoms with van der Waals surface area (Å²) in [6.45, 7) is 5.37. The fourth-order valence-corrected chi connectivity index (χ4v) is 4.42. The number of hydrogen-bond acceptors (Lipinski definition) is 2. The van der Waals surface area contributed by atoms with Gasteiger partial charge in [-0.25, -0.2) is 0 Å². The molecule has 3 nitrogen and oxygen atoms in total. The Morgan fingerprint density at radius 3 is 2.25 bits per heavy atom. The minimum atomic E-state index is 0.0830. The van der Waals surface area contributed by atoms with Gasteiger partial charge in [0.1, 0.15) is 0 Å². The maximum Gasteiger partial charge on any atom is 0.251 e. The normalized spacial score (nSPS) is 21.4. The van der Waals surface area contributed by atoms with E-state index in [1.807, 2.05) is 12.1 Å². The van der Waals surface area contributed by atoms with Gasteiger partial charge in [-0.3, -0.25) is 9.69 Å². The summed E-state index contributed by atoms with van der Waals surface area (Å²) >= 11 is 0. The lowest BCUT2D eigenvalue weighted by Gasteiger charge is -2.48. The van der Waals surface area contributed by atoms with Gasteiger partial charge >= 0.3 is 0 Å². The highest BCUT2D eigenvalue weighted by Gasteiger charge is 2.38. The van der Waals surface area contributed by atoms with Crippen LogP contribution in [0.5, 0.6) is 0 Å². The van der Waals surface area contributed by atoms with Crippen molar-refractivity contribution in [2.24, 2.45) is 0 Å². The second-order valence-electron chi connectivity index (χ2n) is 7.57. The maximum atomic E-state index is 12.6. The first kappa shape index (κ1) is 17.5. The predicted molar refractivity (Wildman–Crippen MR) is 99.4 cm³/mol. The Balaban J connectivity index is 1.64. The van der Waals surface area contributed by atoms with E-state index in [0.29, 0.717) is 0 Å². The summed E-state index contributed by atoms with van der Waals surface area (Å²) < 4.78 is 0. The van der Waals surface area contributed by atoms with Crippen molar-refractivity contribution in [2.45, 2.75) is 70.3 Å². The van der Waals surface area contributed by atoms with Gasteiger partial charge in [0.2, 0.25) is 0 Å². The third-order valence-electron chi connectivity index (χ3n) is 6.01. The van der Waals surface area contributed by atoms with E-state index in [9.17, 15) is 4.79 Å². The van der Waals surface area contributed by atoms with Crippen LogP contribution in [0.3, 0.4) is 0 Å². The van der Waals surface area contributed by atoms with Crippen LogP contribution in [0.25, 0.3) is 0 Å². The Labute approximate surface area is 146 Å². The molecule has 1 saturated carbocycles. The van der Waals surface area contributed by atoms with Crippen LogP contribution in [0.4, 0.5) is 0 Å². The maximum absolute atomic E-state index is 12.6. The number of amides is 1. The zero-order chi connectivity index (χ0) is 16.8. The van der Waals surface area contributed by atoms with Crippen molar-refractivity contribution in [1.29, 1.82) is 0 Å². The molecule has 0 unspecified atom stereocenters. The Kier molecular flexibility index (Phi) is 5.94. The van der Waals surface area contributed by atoms with Crippen LogP contribution in [0.1, 0.15) is 74.2 Å². The molecule has 3 heteroatoms. The molecule has 1 N–H and O–H groups in total. The van der Waals surface area contributed by atoms with Crippen LogP contribution < -0.4 is 5.32 Å². The van der Waals surface area contributed by atoms with E-state index in [2.05, 4.69) is 29.3 Å². The number of aryl methyl sites for hydroxylation is 1. The van der Waals surface area contributed by atoms with E-state index in [-0.39, 0.29) is 11.4 Å². The van der Waals surface area contributed by atoms with Gasteiger partial charge in [-0.15, -0.1) is 0 Å². The smallest absolute Gasteiger partial charge is 0.251 e. The van der Waals surface area contributed by atoms with Gasteiger partial charge in [-0.2, -0.15) is 0 Å². The zero-order valence-electron chi connectivity index (χ0n) is 15.2. The standard InChI is InChI=1S/C21H32N2O/c1-2-18-9-11-19(12-10-18)20(24)22-17-21(13-5-3-6-14-21)23-15-7-4-8-16-23/h9-12H,2-8,13-17H2,1H3,(H,22,24). The van der Waals surface area contributed by atoms with Crippen molar-refractivity contribution in [3.05, 3.63) is 35.4 Å². The second kappa shape index (κ2) is 8.15. The quantitative estimate of drug-likeness (QED) is 0.880. The van der Waals surface area contributed by atoms with Crippen molar-refractivity contribution in [2.75, 3.05) is 19.6 Å². The molecule has 0 atom stereocenters. The molecule has 1 aromatic carbocycles. The van der Waals surface area contributed by atoms with Crippen LogP contribution in [0, 0.1) is 0 Å². The average molecular weight is 329 g/mol. The van der Waals surface area contributed by atoms with E-state index in [1.54, 1.807) is 0 Å². The van der Waals surface area contributed by atoms with Crippen LogP contribution in [0.2, 0.25) is 0 Å². The third-order valence-corrected chi connectivity index (χ3v) is 6.01. The van der Waals surface area contributed by atoms with Gasteiger partial charge in [0, 0.05) is 17.6 Å². The molecule has 0 spiro atoms. The van der Waals surface area contributed by atoms with Crippen molar-refractivity contribution in [3.8, 4) is 0 Å². The molecule has 24 heavy (non-hydrogen) atoms. The molecule has 0 bridgehead atoms. The van der Waals surface area contributed by atoms with Crippen LogP contribution >= 0.6 is 0 Å². The number of nitrogens with one attached hydrogen (secondary N) is 1. The molecule has 132 valence electrons. The monoisotopic (exact) mass is 328 g/mol. The average Bonchev–Trinajstić information content (AvgIpc) is 2.67. The molecule has 0 radical (unpaired) electrons. The lowest BCUT2D eigenvalue weighted by atomic mass is 9.79. The molecule has 1 aliphatic carbocycles. The number of benzene rings is 1. The molecular weight excluding hydrogens is 296 g/mol. The summed E-state index contributed by atoms with van der Waals surface area (Å²) in [7, 11) is 0. The lowest BCUT2D eigenvalue weighted by Crippen LogP contribution is -2.58. The first-order valence-electron chi connectivity index (χ1n) is 9.86. The molecular formula is C21H32N2O. The van der Waals surface area contributed by atoms with Crippen molar-refractivity contribution >= 4 is 5.91 Å². The highest BCUT2D eigenvalue weighted by molar-refractivity contribution is 5.94. The van der Waals surface area contributed by atoms with Crippen molar-refractivity contribution < 1.29 is 4.79 Å². The molecule has 1 aromatic rings. The number of piperidine rings is 1. The van der Waals surface area contributed by atoms with Gasteiger partial charge in [0.05, 0.1) is 0 Å². The SMILES string of the molecule is CCc1ccc(C(=O)NCC2(N3CCCCC3)CCCCC2)cc1. The highest BCUT2D eigenvalue weighted by atomic mass is 16.1. The van der Waals surface area contributed by atoms with Gasteiger partial charge in [-0.1, -0.05) is 44.7 Å².